The van der Waals surface area contributed by atoms with Crippen molar-refractivity contribution in [3.8, 4) is 5.75 Å². The van der Waals surface area contributed by atoms with Crippen LogP contribution in [-0.2, 0) is 16.0 Å². The number of nitrogens with zero attached hydrogens (tertiary/aromatic N) is 3. The minimum atomic E-state index is -1.49. The van der Waals surface area contributed by atoms with Crippen molar-refractivity contribution < 1.29 is 19.1 Å². The summed E-state index contributed by atoms with van der Waals surface area (Å²) in [6.07, 6.45) is 0.198. The number of amides is 4. The molecule has 0 unspecified atom stereocenters. The van der Waals surface area contributed by atoms with Crippen LogP contribution in [0.25, 0.3) is 0 Å². The molecule has 4 amide bonds. The summed E-state index contributed by atoms with van der Waals surface area (Å²) in [7, 11) is 1.55. The van der Waals surface area contributed by atoms with E-state index in [0.29, 0.717) is 36.1 Å². The van der Waals surface area contributed by atoms with Gasteiger partial charge >= 0.3 is 6.03 Å². The number of nitrogens with one attached hydrogen (secondary N) is 1. The van der Waals surface area contributed by atoms with E-state index in [0.717, 1.165) is 21.8 Å². The zero-order chi connectivity index (χ0) is 25.7. The predicted octanol–water partition coefficient (Wildman–Crippen LogP) is 3.87. The molecule has 0 saturated carbocycles. The summed E-state index contributed by atoms with van der Waals surface area (Å²) in [4.78, 5) is 46.6. The van der Waals surface area contributed by atoms with E-state index in [1.165, 1.54) is 0 Å². The van der Waals surface area contributed by atoms with E-state index < -0.39 is 29.3 Å². The Balaban J connectivity index is 1.46. The second-order valence-electron chi connectivity index (χ2n) is 9.51. The van der Waals surface area contributed by atoms with Crippen LogP contribution >= 0.6 is 11.6 Å². The Morgan fingerprint density at radius 2 is 1.62 bits per heavy atom. The van der Waals surface area contributed by atoms with Crippen molar-refractivity contribution in [1.82, 2.24) is 5.32 Å². The molecule has 37 heavy (non-hydrogen) atoms. The molecule has 3 aromatic carbocycles. The number of barbiturate groups is 1. The van der Waals surface area contributed by atoms with Crippen molar-refractivity contribution >= 4 is 46.5 Å². The molecule has 3 aromatic rings. The summed E-state index contributed by atoms with van der Waals surface area (Å²) in [5.74, 6) is -0.480. The van der Waals surface area contributed by atoms with Gasteiger partial charge in [-0.2, -0.15) is 0 Å². The fourth-order valence-electron chi connectivity index (χ4n) is 5.81. The van der Waals surface area contributed by atoms with Crippen LogP contribution in [0, 0.1) is 5.41 Å². The first kappa shape index (κ1) is 23.4. The Morgan fingerprint density at radius 1 is 0.919 bits per heavy atom. The lowest BCUT2D eigenvalue weighted by Crippen LogP contribution is -2.75. The molecule has 6 rings (SSSR count). The van der Waals surface area contributed by atoms with Gasteiger partial charge in [0.15, 0.2) is 5.41 Å². The Kier molecular flexibility index (Phi) is 5.56. The third-order valence-corrected chi connectivity index (χ3v) is 7.91. The van der Waals surface area contributed by atoms with Gasteiger partial charge in [-0.15, -0.1) is 0 Å². The number of urea groups is 1. The summed E-state index contributed by atoms with van der Waals surface area (Å²) in [6, 6.07) is 20.8. The number of carbonyl (C=O) groups excluding carboxylic acids is 3. The van der Waals surface area contributed by atoms with E-state index in [2.05, 4.69) is 15.1 Å². The summed E-state index contributed by atoms with van der Waals surface area (Å²) >= 11 is 6.11. The Labute approximate surface area is 219 Å². The number of imide groups is 2. The van der Waals surface area contributed by atoms with Crippen molar-refractivity contribution in [2.75, 3.05) is 41.4 Å². The van der Waals surface area contributed by atoms with E-state index in [9.17, 15) is 14.4 Å². The highest BCUT2D eigenvalue weighted by molar-refractivity contribution is 6.31. The maximum Gasteiger partial charge on any atom is 0.335 e. The molecule has 0 bridgehead atoms. The van der Waals surface area contributed by atoms with Gasteiger partial charge in [0.05, 0.1) is 18.8 Å². The Morgan fingerprint density at radius 3 is 2.35 bits per heavy atom. The molecule has 3 aliphatic heterocycles. The molecule has 1 N–H and O–H groups in total. The highest BCUT2D eigenvalue weighted by Gasteiger charge is 2.63. The maximum atomic E-state index is 14.4. The molecule has 1 spiro atoms. The predicted molar refractivity (Wildman–Crippen MR) is 141 cm³/mol. The number of fused-ring (bicyclic) bond motifs is 4. The van der Waals surface area contributed by atoms with E-state index in [4.69, 9.17) is 16.3 Å². The molecule has 0 aromatic heterocycles. The second-order valence-corrected chi connectivity index (χ2v) is 9.94. The fourth-order valence-corrected chi connectivity index (χ4v) is 5.93. The molecular formula is C28H25ClN4O4. The molecule has 8 nitrogen and oxygen atoms in total. The number of piperazine rings is 1. The average Bonchev–Trinajstić information content (AvgIpc) is 2.92. The van der Waals surface area contributed by atoms with Crippen LogP contribution in [0.3, 0.4) is 0 Å². The molecule has 3 aliphatic rings. The van der Waals surface area contributed by atoms with Crippen molar-refractivity contribution in [2.45, 2.75) is 12.5 Å². The van der Waals surface area contributed by atoms with Gasteiger partial charge < -0.3 is 14.5 Å². The van der Waals surface area contributed by atoms with E-state index in [1.807, 2.05) is 48.5 Å². The molecule has 2 atom stereocenters. The van der Waals surface area contributed by atoms with Crippen molar-refractivity contribution in [3.05, 3.63) is 83.4 Å². The standard InChI is InChI=1S/C28H25ClN4O4/c1-37-22-12-10-21(11-13-22)33-26(35)28(25(34)30-27(33)36)16-18-4-2-3-5-23(18)32-15-14-31(17-24(28)32)20-8-6-19(29)7-9-20/h2-13,24H,14-17H2,1H3,(H,30,34,36)/t24-,28+/m0/s1. The number of carbonyl (C=O) groups is 3. The normalized spacial score (nSPS) is 23.0. The van der Waals surface area contributed by atoms with Crippen LogP contribution in [0.2, 0.25) is 5.02 Å². The molecule has 0 aliphatic carbocycles. The van der Waals surface area contributed by atoms with Crippen molar-refractivity contribution in [3.63, 3.8) is 0 Å². The van der Waals surface area contributed by atoms with Gasteiger partial charge in [0.25, 0.3) is 5.91 Å². The van der Waals surface area contributed by atoms with Gasteiger partial charge in [-0.1, -0.05) is 29.8 Å². The maximum absolute atomic E-state index is 14.4. The summed E-state index contributed by atoms with van der Waals surface area (Å²) < 4.78 is 5.23. The number of ether oxygens (including phenoxy) is 1. The number of methoxy groups -OCH3 is 1. The molecule has 2 saturated heterocycles. The van der Waals surface area contributed by atoms with E-state index in [-0.39, 0.29) is 6.42 Å². The number of halogens is 1. The quantitative estimate of drug-likeness (QED) is 0.532. The monoisotopic (exact) mass is 516 g/mol. The molecular weight excluding hydrogens is 492 g/mol. The fraction of sp³-hybridized carbons (Fsp3) is 0.250. The topological polar surface area (TPSA) is 82.2 Å². The van der Waals surface area contributed by atoms with Crippen molar-refractivity contribution in [1.29, 1.82) is 0 Å². The molecule has 2 fully saturated rings. The zero-order valence-electron chi connectivity index (χ0n) is 20.2. The van der Waals surface area contributed by atoms with Crippen LogP contribution < -0.4 is 24.8 Å². The molecule has 188 valence electrons. The number of hydrogen-bond donors (Lipinski definition) is 1. The van der Waals surface area contributed by atoms with Gasteiger partial charge in [0, 0.05) is 36.0 Å². The van der Waals surface area contributed by atoms with Gasteiger partial charge in [-0.3, -0.25) is 14.9 Å². The first-order valence-electron chi connectivity index (χ1n) is 12.1. The molecule has 0 radical (unpaired) electrons. The van der Waals surface area contributed by atoms with E-state index >= 15 is 0 Å². The van der Waals surface area contributed by atoms with Crippen LogP contribution in [0.1, 0.15) is 5.56 Å². The minimum Gasteiger partial charge on any atom is -0.497 e. The highest BCUT2D eigenvalue weighted by Crippen LogP contribution is 2.46. The lowest BCUT2D eigenvalue weighted by atomic mass is 9.67. The lowest BCUT2D eigenvalue weighted by Gasteiger charge is -2.55. The van der Waals surface area contributed by atoms with Gasteiger partial charge in [0.1, 0.15) is 5.75 Å². The van der Waals surface area contributed by atoms with Crippen LogP contribution in [-0.4, -0.2) is 50.6 Å². The Hall–Kier alpha value is -4.04. The lowest BCUT2D eigenvalue weighted by molar-refractivity contribution is -0.144. The summed E-state index contributed by atoms with van der Waals surface area (Å²) in [5, 5.41) is 3.15. The highest BCUT2D eigenvalue weighted by atomic mass is 35.5. The number of hydrogen-bond acceptors (Lipinski definition) is 6. The second kappa shape index (κ2) is 8.81. The van der Waals surface area contributed by atoms with Gasteiger partial charge in [-0.05, 0) is 66.6 Å². The van der Waals surface area contributed by atoms with Crippen LogP contribution in [0.5, 0.6) is 5.75 Å². The van der Waals surface area contributed by atoms with Crippen molar-refractivity contribution in [2.24, 2.45) is 5.41 Å². The van der Waals surface area contributed by atoms with Crippen LogP contribution in [0.15, 0.2) is 72.8 Å². The Bertz CT molecular complexity index is 1390. The van der Waals surface area contributed by atoms with Crippen LogP contribution in [0.4, 0.5) is 21.9 Å². The number of anilines is 3. The molecule has 3 heterocycles. The number of benzene rings is 3. The first-order chi connectivity index (χ1) is 17.9. The zero-order valence-corrected chi connectivity index (χ0v) is 20.9. The largest absolute Gasteiger partial charge is 0.497 e. The number of para-hydroxylation sites is 1. The SMILES string of the molecule is COc1ccc(N2C(=O)NC(=O)[C@]3(Cc4ccccc4N4CCN(c5ccc(Cl)cc5)C[C@H]43)C2=O)cc1. The van der Waals surface area contributed by atoms with E-state index in [1.54, 1.807) is 31.4 Å². The summed E-state index contributed by atoms with van der Waals surface area (Å²) in [6.45, 7) is 1.75. The molecule has 9 heteroatoms. The first-order valence-corrected chi connectivity index (χ1v) is 12.5. The van der Waals surface area contributed by atoms with Gasteiger partial charge in [0.2, 0.25) is 5.91 Å². The summed E-state index contributed by atoms with van der Waals surface area (Å²) in [5.41, 5.74) is 1.78. The average molecular weight is 517 g/mol. The van der Waals surface area contributed by atoms with Gasteiger partial charge in [-0.25, -0.2) is 9.69 Å². The smallest absolute Gasteiger partial charge is 0.335 e. The third kappa shape index (κ3) is 3.62. The minimum absolute atomic E-state index is 0.198. The third-order valence-electron chi connectivity index (χ3n) is 7.66. The number of rotatable bonds is 3.